The first kappa shape index (κ1) is 17.1. The lowest BCUT2D eigenvalue weighted by atomic mass is 10.0. The summed E-state index contributed by atoms with van der Waals surface area (Å²) in [5, 5.41) is 17.8. The molecule has 100 valence electrons. The fourth-order valence-corrected chi connectivity index (χ4v) is 2.02. The number of terminal acetylenes is 1. The van der Waals surface area contributed by atoms with E-state index in [-0.39, 0.29) is 6.61 Å². The predicted octanol–water partition coefficient (Wildman–Crippen LogP) is 2.50. The van der Waals surface area contributed by atoms with Crippen LogP contribution in [0.4, 0.5) is 0 Å². The van der Waals surface area contributed by atoms with Crippen LogP contribution in [0.5, 0.6) is 0 Å². The van der Waals surface area contributed by atoms with E-state index in [0.717, 1.165) is 12.1 Å². The SMILES string of the molecule is C#CC(O)(/C=C/Cl)CC.Cc1ncsc1CCO. The van der Waals surface area contributed by atoms with E-state index in [4.69, 9.17) is 23.1 Å². The van der Waals surface area contributed by atoms with Gasteiger partial charge >= 0.3 is 0 Å². The smallest absolute Gasteiger partial charge is 0.144 e. The summed E-state index contributed by atoms with van der Waals surface area (Å²) in [6, 6.07) is 0. The number of aryl methyl sites for hydroxylation is 1. The lowest BCUT2D eigenvalue weighted by molar-refractivity contribution is 0.149. The van der Waals surface area contributed by atoms with Crippen molar-refractivity contribution < 1.29 is 10.2 Å². The standard InChI is InChI=1S/C7H9ClO.C6H9NOS/c1-3-7(9,4-2)5-6-8;1-5-6(2-3-8)9-4-7-5/h1,5-6,9H,4H2,2H3;4,8H,2-3H2,1H3/b6-5+;. The molecule has 0 aromatic carbocycles. The predicted molar refractivity (Wildman–Crippen MR) is 76.7 cm³/mol. The highest BCUT2D eigenvalue weighted by atomic mass is 35.5. The molecule has 2 N–H and O–H groups in total. The normalized spacial score (nSPS) is 13.6. The number of halogens is 1. The first-order valence-corrected chi connectivity index (χ1v) is 6.82. The minimum Gasteiger partial charge on any atom is -0.396 e. The van der Waals surface area contributed by atoms with Gasteiger partial charge in [-0.15, -0.1) is 17.8 Å². The number of thiazole rings is 1. The summed E-state index contributed by atoms with van der Waals surface area (Å²) in [5.41, 5.74) is 2.93. The zero-order valence-electron chi connectivity index (χ0n) is 10.6. The van der Waals surface area contributed by atoms with E-state index >= 15 is 0 Å². The van der Waals surface area contributed by atoms with Gasteiger partial charge in [0.1, 0.15) is 5.60 Å². The molecule has 1 unspecified atom stereocenters. The topological polar surface area (TPSA) is 53.4 Å². The van der Waals surface area contributed by atoms with Crippen LogP contribution < -0.4 is 0 Å². The van der Waals surface area contributed by atoms with E-state index < -0.39 is 5.60 Å². The van der Waals surface area contributed by atoms with E-state index in [2.05, 4.69) is 10.9 Å². The molecule has 0 saturated heterocycles. The van der Waals surface area contributed by atoms with Crippen LogP contribution in [-0.2, 0) is 6.42 Å². The molecule has 0 radical (unpaired) electrons. The molecule has 0 aliphatic heterocycles. The Morgan fingerprint density at radius 2 is 2.33 bits per heavy atom. The van der Waals surface area contributed by atoms with Gasteiger partial charge in [0, 0.05) is 23.4 Å². The minimum atomic E-state index is -1.15. The Labute approximate surface area is 117 Å². The maximum absolute atomic E-state index is 9.22. The van der Waals surface area contributed by atoms with Gasteiger partial charge in [-0.3, -0.25) is 0 Å². The third-order valence-electron chi connectivity index (χ3n) is 2.31. The zero-order valence-corrected chi connectivity index (χ0v) is 12.1. The first-order valence-electron chi connectivity index (χ1n) is 5.50. The summed E-state index contributed by atoms with van der Waals surface area (Å²) < 4.78 is 0. The average molecular weight is 288 g/mol. The number of aromatic nitrogens is 1. The molecule has 3 nitrogen and oxygen atoms in total. The van der Waals surface area contributed by atoms with Crippen LogP contribution in [0.1, 0.15) is 23.9 Å². The van der Waals surface area contributed by atoms with Crippen molar-refractivity contribution in [3.8, 4) is 12.3 Å². The minimum absolute atomic E-state index is 0.225. The molecule has 0 aliphatic rings. The molecule has 0 spiro atoms. The summed E-state index contributed by atoms with van der Waals surface area (Å²) in [7, 11) is 0. The van der Waals surface area contributed by atoms with E-state index in [1.54, 1.807) is 23.8 Å². The Bertz CT molecular complexity index is 411. The largest absolute Gasteiger partial charge is 0.396 e. The fraction of sp³-hybridized carbons (Fsp3) is 0.462. The van der Waals surface area contributed by atoms with Crippen molar-refractivity contribution in [2.75, 3.05) is 6.61 Å². The van der Waals surface area contributed by atoms with Crippen LogP contribution in [0.15, 0.2) is 17.1 Å². The number of nitrogens with zero attached hydrogens (tertiary/aromatic N) is 1. The number of rotatable bonds is 4. The van der Waals surface area contributed by atoms with Gasteiger partial charge in [0.25, 0.3) is 0 Å². The highest BCUT2D eigenvalue weighted by Crippen LogP contribution is 2.11. The van der Waals surface area contributed by atoms with Crippen molar-refractivity contribution in [1.29, 1.82) is 0 Å². The van der Waals surface area contributed by atoms with Gasteiger partial charge in [-0.05, 0) is 19.4 Å². The van der Waals surface area contributed by atoms with Gasteiger partial charge in [0.15, 0.2) is 0 Å². The van der Waals surface area contributed by atoms with Crippen LogP contribution >= 0.6 is 22.9 Å². The van der Waals surface area contributed by atoms with E-state index in [9.17, 15) is 5.11 Å². The quantitative estimate of drug-likeness (QED) is 0.837. The molecule has 1 aromatic rings. The van der Waals surface area contributed by atoms with Crippen LogP contribution in [0.3, 0.4) is 0 Å². The number of aliphatic hydroxyl groups is 2. The van der Waals surface area contributed by atoms with Crippen molar-refractivity contribution in [3.63, 3.8) is 0 Å². The molecule has 0 aliphatic carbocycles. The van der Waals surface area contributed by atoms with Crippen molar-refractivity contribution in [2.24, 2.45) is 0 Å². The number of hydrogen-bond acceptors (Lipinski definition) is 4. The second-order valence-corrected chi connectivity index (χ2v) is 4.74. The molecule has 0 bridgehead atoms. The van der Waals surface area contributed by atoms with Crippen LogP contribution in [0.25, 0.3) is 0 Å². The van der Waals surface area contributed by atoms with Gasteiger partial charge < -0.3 is 10.2 Å². The van der Waals surface area contributed by atoms with E-state index in [1.165, 1.54) is 16.5 Å². The molecule has 1 heterocycles. The third kappa shape index (κ3) is 6.18. The second kappa shape index (κ2) is 9.12. The molecular weight excluding hydrogens is 270 g/mol. The highest BCUT2D eigenvalue weighted by Gasteiger charge is 2.15. The van der Waals surface area contributed by atoms with Crippen LogP contribution in [0.2, 0.25) is 0 Å². The van der Waals surface area contributed by atoms with Gasteiger partial charge in [0.05, 0.1) is 11.2 Å². The molecule has 1 atom stereocenters. The van der Waals surface area contributed by atoms with Crippen molar-refractivity contribution in [2.45, 2.75) is 32.3 Å². The molecule has 0 fully saturated rings. The Kier molecular flexibility index (Phi) is 8.69. The van der Waals surface area contributed by atoms with Crippen molar-refractivity contribution >= 4 is 22.9 Å². The fourth-order valence-electron chi connectivity index (χ4n) is 1.04. The van der Waals surface area contributed by atoms with Gasteiger partial charge in [-0.25, -0.2) is 4.98 Å². The molecule has 1 rings (SSSR count). The van der Waals surface area contributed by atoms with Gasteiger partial charge in [-0.2, -0.15) is 0 Å². The Balaban J connectivity index is 0.000000321. The van der Waals surface area contributed by atoms with Gasteiger partial charge in [0.2, 0.25) is 0 Å². The molecule has 0 amide bonds. The Morgan fingerprint density at radius 1 is 1.67 bits per heavy atom. The molecule has 1 aromatic heterocycles. The summed E-state index contributed by atoms with van der Waals surface area (Å²) >= 11 is 6.81. The maximum atomic E-state index is 9.22. The molecule has 0 saturated carbocycles. The summed E-state index contributed by atoms with van der Waals surface area (Å²) in [6.07, 6.45) is 7.60. The summed E-state index contributed by atoms with van der Waals surface area (Å²) in [4.78, 5) is 5.23. The average Bonchev–Trinajstić information content (AvgIpc) is 2.77. The van der Waals surface area contributed by atoms with E-state index in [0.29, 0.717) is 6.42 Å². The summed E-state index contributed by atoms with van der Waals surface area (Å²) in [5.74, 6) is 2.21. The van der Waals surface area contributed by atoms with E-state index in [1.807, 2.05) is 6.92 Å². The second-order valence-electron chi connectivity index (χ2n) is 3.55. The highest BCUT2D eigenvalue weighted by molar-refractivity contribution is 7.09. The first-order chi connectivity index (χ1) is 8.52. The van der Waals surface area contributed by atoms with Gasteiger partial charge in [-0.1, -0.05) is 24.4 Å². The third-order valence-corrected chi connectivity index (χ3v) is 3.43. The number of aliphatic hydroxyl groups excluding tert-OH is 1. The van der Waals surface area contributed by atoms with Crippen LogP contribution in [-0.4, -0.2) is 27.4 Å². The lowest BCUT2D eigenvalue weighted by Crippen LogP contribution is -2.20. The zero-order chi connectivity index (χ0) is 14.0. The van der Waals surface area contributed by atoms with Crippen LogP contribution in [0, 0.1) is 19.3 Å². The molecule has 18 heavy (non-hydrogen) atoms. The summed E-state index contributed by atoms with van der Waals surface area (Å²) in [6.45, 7) is 3.97. The Hall–Kier alpha value is -0.860. The molecular formula is C13H18ClNO2S. The molecule has 5 heteroatoms. The number of hydrogen-bond donors (Lipinski definition) is 2. The Morgan fingerprint density at radius 3 is 2.61 bits per heavy atom. The maximum Gasteiger partial charge on any atom is 0.144 e. The van der Waals surface area contributed by atoms with Crippen molar-refractivity contribution in [3.05, 3.63) is 27.7 Å². The lowest BCUT2D eigenvalue weighted by Gasteiger charge is -2.12. The van der Waals surface area contributed by atoms with Crippen molar-refractivity contribution in [1.82, 2.24) is 4.98 Å². The monoisotopic (exact) mass is 287 g/mol.